The highest BCUT2D eigenvalue weighted by molar-refractivity contribution is 7.98. The highest BCUT2D eigenvalue weighted by Gasteiger charge is 2.33. The van der Waals surface area contributed by atoms with Crippen molar-refractivity contribution in [3.63, 3.8) is 0 Å². The zero-order chi connectivity index (χ0) is 17.9. The van der Waals surface area contributed by atoms with Crippen molar-refractivity contribution in [1.29, 1.82) is 0 Å². The van der Waals surface area contributed by atoms with Crippen LogP contribution in [0.15, 0.2) is 5.16 Å². The number of hydrogen-bond donors (Lipinski definition) is 1. The average molecular weight is 394 g/mol. The zero-order valence-corrected chi connectivity index (χ0v) is 16.2. The van der Waals surface area contributed by atoms with Crippen LogP contribution >= 0.6 is 35.0 Å². The lowest BCUT2D eigenvalue weighted by Crippen LogP contribution is -2.49. The number of rotatable bonds is 5. The molecule has 1 fully saturated rings. The van der Waals surface area contributed by atoms with Crippen molar-refractivity contribution < 1.29 is 14.6 Å². The number of hydrogen-bond acceptors (Lipinski definition) is 6. The number of amides is 1. The standard InChI is InChI=1S/C15H21Cl2N3O3S/c1-15(2,22)8-20(9-4-6-23-7-5-9)13(21)10-11(16)18-14(24-3)19-12(10)17/h9,22H,4-8H2,1-3H3. The second-order valence-electron chi connectivity index (χ2n) is 6.26. The summed E-state index contributed by atoms with van der Waals surface area (Å²) in [5.41, 5.74) is -0.973. The normalized spacial score (nSPS) is 16.2. The van der Waals surface area contributed by atoms with Crippen molar-refractivity contribution in [2.24, 2.45) is 0 Å². The molecule has 9 heteroatoms. The molecule has 1 aromatic rings. The first-order chi connectivity index (χ1) is 11.2. The van der Waals surface area contributed by atoms with Crippen molar-refractivity contribution in [2.75, 3.05) is 26.0 Å². The molecule has 0 bridgehead atoms. The van der Waals surface area contributed by atoms with Gasteiger partial charge in [-0.2, -0.15) is 0 Å². The number of ether oxygens (including phenoxy) is 1. The van der Waals surface area contributed by atoms with Gasteiger partial charge in [0.25, 0.3) is 5.91 Å². The first kappa shape index (κ1) is 19.7. The van der Waals surface area contributed by atoms with E-state index >= 15 is 0 Å². The molecule has 2 rings (SSSR count). The molecule has 1 saturated heterocycles. The smallest absolute Gasteiger partial charge is 0.260 e. The summed E-state index contributed by atoms with van der Waals surface area (Å²) < 4.78 is 5.36. The number of halogens is 2. The summed E-state index contributed by atoms with van der Waals surface area (Å²) in [6, 6.07) is -0.0509. The van der Waals surface area contributed by atoms with E-state index < -0.39 is 5.60 Å². The molecule has 0 spiro atoms. The van der Waals surface area contributed by atoms with Gasteiger partial charge in [0.05, 0.1) is 5.60 Å². The number of carbonyl (C=O) groups is 1. The second kappa shape index (κ2) is 8.19. The third kappa shape index (κ3) is 4.95. The van der Waals surface area contributed by atoms with Gasteiger partial charge in [-0.1, -0.05) is 35.0 Å². The number of aromatic nitrogens is 2. The quantitative estimate of drug-likeness (QED) is 0.470. The fourth-order valence-electron chi connectivity index (χ4n) is 2.58. The Labute approximate surface area is 155 Å². The summed E-state index contributed by atoms with van der Waals surface area (Å²) in [5, 5.41) is 10.7. The van der Waals surface area contributed by atoms with Gasteiger partial charge in [-0.05, 0) is 32.9 Å². The largest absolute Gasteiger partial charge is 0.389 e. The van der Waals surface area contributed by atoms with Crippen LogP contribution in [0.25, 0.3) is 0 Å². The van der Waals surface area contributed by atoms with Gasteiger partial charge >= 0.3 is 0 Å². The summed E-state index contributed by atoms with van der Waals surface area (Å²) in [5.74, 6) is -0.369. The fourth-order valence-corrected chi connectivity index (χ4v) is 3.60. The Morgan fingerprint density at radius 3 is 2.33 bits per heavy atom. The Balaban J connectivity index is 2.36. The Bertz CT molecular complexity index is 581. The van der Waals surface area contributed by atoms with E-state index in [9.17, 15) is 9.90 Å². The summed E-state index contributed by atoms with van der Waals surface area (Å²) in [6.45, 7) is 4.62. The molecule has 0 radical (unpaired) electrons. The van der Waals surface area contributed by atoms with Gasteiger partial charge in [-0.15, -0.1) is 0 Å². The van der Waals surface area contributed by atoms with E-state index in [0.29, 0.717) is 31.2 Å². The van der Waals surface area contributed by atoms with Crippen LogP contribution in [0.5, 0.6) is 0 Å². The van der Waals surface area contributed by atoms with E-state index in [1.54, 1.807) is 25.0 Å². The van der Waals surface area contributed by atoms with E-state index in [1.165, 1.54) is 11.8 Å². The van der Waals surface area contributed by atoms with Gasteiger partial charge in [-0.25, -0.2) is 9.97 Å². The van der Waals surface area contributed by atoms with Gasteiger partial charge in [0.1, 0.15) is 15.9 Å². The minimum Gasteiger partial charge on any atom is -0.389 e. The van der Waals surface area contributed by atoms with Crippen molar-refractivity contribution in [2.45, 2.75) is 43.5 Å². The Morgan fingerprint density at radius 1 is 1.33 bits per heavy atom. The van der Waals surface area contributed by atoms with Gasteiger partial charge < -0.3 is 14.7 Å². The first-order valence-electron chi connectivity index (χ1n) is 7.61. The van der Waals surface area contributed by atoms with Crippen LogP contribution in [0, 0.1) is 0 Å². The van der Waals surface area contributed by atoms with E-state index in [-0.39, 0.29) is 34.4 Å². The maximum Gasteiger partial charge on any atom is 0.260 e. The van der Waals surface area contributed by atoms with Crippen molar-refractivity contribution in [1.82, 2.24) is 14.9 Å². The predicted molar refractivity (Wildman–Crippen MR) is 95.0 cm³/mol. The molecule has 0 aliphatic carbocycles. The summed E-state index contributed by atoms with van der Waals surface area (Å²) in [7, 11) is 0. The van der Waals surface area contributed by atoms with Crippen LogP contribution in [-0.2, 0) is 4.74 Å². The molecule has 1 aliphatic rings. The number of nitrogens with zero attached hydrogens (tertiary/aromatic N) is 3. The number of aliphatic hydroxyl groups is 1. The molecular weight excluding hydrogens is 373 g/mol. The van der Waals surface area contributed by atoms with E-state index in [2.05, 4.69) is 9.97 Å². The molecule has 0 unspecified atom stereocenters. The fraction of sp³-hybridized carbons (Fsp3) is 0.667. The topological polar surface area (TPSA) is 75.6 Å². The second-order valence-corrected chi connectivity index (χ2v) is 7.75. The molecule has 1 amide bonds. The molecule has 1 aliphatic heterocycles. The molecule has 6 nitrogen and oxygen atoms in total. The Morgan fingerprint density at radius 2 is 1.88 bits per heavy atom. The van der Waals surface area contributed by atoms with Gasteiger partial charge in [-0.3, -0.25) is 4.79 Å². The van der Waals surface area contributed by atoms with Crippen LogP contribution in [0.2, 0.25) is 10.3 Å². The molecule has 1 aromatic heterocycles. The Hall–Kier alpha value is -0.600. The predicted octanol–water partition coefficient (Wildman–Crippen LogP) is 2.90. The minimum atomic E-state index is -1.05. The minimum absolute atomic E-state index is 0.0251. The average Bonchev–Trinajstić information content (AvgIpc) is 2.51. The molecular formula is C15H21Cl2N3O3S. The van der Waals surface area contributed by atoms with E-state index in [4.69, 9.17) is 27.9 Å². The molecule has 134 valence electrons. The van der Waals surface area contributed by atoms with Crippen LogP contribution in [0.3, 0.4) is 0 Å². The van der Waals surface area contributed by atoms with Gasteiger partial charge in [0.15, 0.2) is 5.16 Å². The Kier molecular flexibility index (Phi) is 6.73. The maximum atomic E-state index is 13.1. The van der Waals surface area contributed by atoms with Crippen LogP contribution < -0.4 is 0 Å². The summed E-state index contributed by atoms with van der Waals surface area (Å²) in [6.07, 6.45) is 3.19. The SMILES string of the molecule is CSc1nc(Cl)c(C(=O)N(CC(C)(C)O)C2CCOCC2)c(Cl)n1. The van der Waals surface area contributed by atoms with Crippen molar-refractivity contribution in [3.05, 3.63) is 15.9 Å². The maximum absolute atomic E-state index is 13.1. The van der Waals surface area contributed by atoms with Crippen LogP contribution in [0.4, 0.5) is 0 Å². The van der Waals surface area contributed by atoms with Gasteiger partial charge in [0.2, 0.25) is 0 Å². The highest BCUT2D eigenvalue weighted by Crippen LogP contribution is 2.28. The van der Waals surface area contributed by atoms with Crippen molar-refractivity contribution >= 4 is 40.9 Å². The number of thioether (sulfide) groups is 1. The molecule has 24 heavy (non-hydrogen) atoms. The zero-order valence-electron chi connectivity index (χ0n) is 13.9. The lowest BCUT2D eigenvalue weighted by Gasteiger charge is -2.37. The first-order valence-corrected chi connectivity index (χ1v) is 9.59. The summed E-state index contributed by atoms with van der Waals surface area (Å²) in [4.78, 5) is 22.9. The van der Waals surface area contributed by atoms with E-state index in [0.717, 1.165) is 0 Å². The third-order valence-electron chi connectivity index (χ3n) is 3.65. The molecule has 1 N–H and O–H groups in total. The number of carbonyl (C=O) groups excluding carboxylic acids is 1. The summed E-state index contributed by atoms with van der Waals surface area (Å²) >= 11 is 13.6. The molecule has 0 atom stereocenters. The molecule has 0 saturated carbocycles. The molecule has 2 heterocycles. The van der Waals surface area contributed by atoms with Crippen molar-refractivity contribution in [3.8, 4) is 0 Å². The van der Waals surface area contributed by atoms with Gasteiger partial charge in [0, 0.05) is 25.8 Å². The third-order valence-corrected chi connectivity index (χ3v) is 4.74. The van der Waals surface area contributed by atoms with Crippen LogP contribution in [0.1, 0.15) is 37.0 Å². The monoisotopic (exact) mass is 393 g/mol. The molecule has 0 aromatic carbocycles. The van der Waals surface area contributed by atoms with E-state index in [1.807, 2.05) is 0 Å². The lowest BCUT2D eigenvalue weighted by atomic mass is 10.0. The highest BCUT2D eigenvalue weighted by atomic mass is 35.5. The van der Waals surface area contributed by atoms with Crippen LogP contribution in [-0.4, -0.2) is 63.5 Å². The lowest BCUT2D eigenvalue weighted by molar-refractivity contribution is -0.00754.